The first-order valence-corrected chi connectivity index (χ1v) is 14.3. The average Bonchev–Trinajstić information content (AvgIpc) is 3.56. The molecular formula is C28H25N3O5S2. The first-order chi connectivity index (χ1) is 18.4. The van der Waals surface area contributed by atoms with Gasteiger partial charge in [-0.25, -0.2) is 13.4 Å². The molecule has 1 N–H and O–H groups in total. The average molecular weight is 548 g/mol. The summed E-state index contributed by atoms with van der Waals surface area (Å²) in [7, 11) is -3.78. The van der Waals surface area contributed by atoms with Gasteiger partial charge in [0.05, 0.1) is 17.2 Å². The van der Waals surface area contributed by atoms with Crippen molar-refractivity contribution in [3.05, 3.63) is 89.8 Å². The number of para-hydroxylation sites is 1. The van der Waals surface area contributed by atoms with Crippen molar-refractivity contribution in [1.82, 2.24) is 4.98 Å². The first-order valence-electron chi connectivity index (χ1n) is 12.0. The summed E-state index contributed by atoms with van der Waals surface area (Å²) in [5.74, 6) is 0.954. The third-order valence-corrected chi connectivity index (χ3v) is 8.49. The Morgan fingerprint density at radius 1 is 1.03 bits per heavy atom. The molecule has 0 saturated heterocycles. The van der Waals surface area contributed by atoms with E-state index in [9.17, 15) is 13.2 Å². The van der Waals surface area contributed by atoms with Crippen LogP contribution in [-0.2, 0) is 10.0 Å². The molecule has 0 bridgehead atoms. The molecule has 0 saturated carbocycles. The first kappa shape index (κ1) is 25.5. The normalized spacial score (nSPS) is 11.4. The van der Waals surface area contributed by atoms with Gasteiger partial charge in [-0.1, -0.05) is 18.2 Å². The summed E-state index contributed by atoms with van der Waals surface area (Å²) in [4.78, 5) is 17.4. The Morgan fingerprint density at radius 2 is 1.79 bits per heavy atom. The van der Waals surface area contributed by atoms with Crippen LogP contribution in [0.15, 0.2) is 93.6 Å². The number of amides is 1. The zero-order valence-electron chi connectivity index (χ0n) is 20.7. The van der Waals surface area contributed by atoms with Crippen LogP contribution in [0.4, 0.5) is 10.8 Å². The topological polar surface area (TPSA) is 102 Å². The molecule has 0 aliphatic heterocycles. The number of hydrogen-bond acceptors (Lipinski definition) is 7. The number of furan rings is 1. The lowest BCUT2D eigenvalue weighted by atomic mass is 10.2. The van der Waals surface area contributed by atoms with Crippen LogP contribution in [0.5, 0.6) is 5.75 Å². The van der Waals surface area contributed by atoms with E-state index >= 15 is 0 Å². The van der Waals surface area contributed by atoms with E-state index in [1.165, 1.54) is 39.9 Å². The second-order valence-electron chi connectivity index (χ2n) is 8.27. The molecule has 0 radical (unpaired) electrons. The van der Waals surface area contributed by atoms with Crippen LogP contribution >= 0.6 is 11.3 Å². The maximum atomic E-state index is 13.2. The van der Waals surface area contributed by atoms with E-state index in [0.717, 1.165) is 11.1 Å². The van der Waals surface area contributed by atoms with E-state index < -0.39 is 15.9 Å². The second kappa shape index (κ2) is 10.7. The number of ether oxygens (including phenoxy) is 1. The Bertz CT molecular complexity index is 1680. The van der Waals surface area contributed by atoms with E-state index in [-0.39, 0.29) is 11.4 Å². The monoisotopic (exact) mass is 547 g/mol. The van der Waals surface area contributed by atoms with Crippen molar-refractivity contribution in [3.63, 3.8) is 0 Å². The van der Waals surface area contributed by atoms with E-state index in [4.69, 9.17) is 9.15 Å². The van der Waals surface area contributed by atoms with Crippen molar-refractivity contribution in [2.24, 2.45) is 0 Å². The Labute approximate surface area is 224 Å². The molecule has 2 heterocycles. The summed E-state index contributed by atoms with van der Waals surface area (Å²) in [5, 5.41) is 5.87. The van der Waals surface area contributed by atoms with Gasteiger partial charge >= 0.3 is 0 Å². The van der Waals surface area contributed by atoms with Crippen LogP contribution in [0.3, 0.4) is 0 Å². The molecule has 0 aliphatic rings. The van der Waals surface area contributed by atoms with Crippen LogP contribution < -0.4 is 14.4 Å². The van der Waals surface area contributed by atoms with Crippen molar-refractivity contribution in [1.29, 1.82) is 0 Å². The van der Waals surface area contributed by atoms with Gasteiger partial charge in [0.15, 0.2) is 10.9 Å². The number of fused-ring (bicyclic) bond motifs is 1. The van der Waals surface area contributed by atoms with E-state index in [2.05, 4.69) is 10.3 Å². The van der Waals surface area contributed by atoms with Crippen LogP contribution in [0.1, 0.15) is 24.2 Å². The molecule has 8 nitrogen and oxygen atoms in total. The third kappa shape index (κ3) is 5.13. The zero-order chi connectivity index (χ0) is 26.7. The van der Waals surface area contributed by atoms with Gasteiger partial charge in [0.2, 0.25) is 0 Å². The number of carbonyl (C=O) groups is 1. The Kier molecular flexibility index (Phi) is 7.17. The van der Waals surface area contributed by atoms with E-state index in [1.54, 1.807) is 36.6 Å². The standard InChI is InChI=1S/C28H25N3O5S2/c1-3-31(21-8-6-5-7-9-21)38(33,34)23-13-10-19(11-14-23)27(32)30-28-29-24(18-37-28)26-17-20-16-22(35-4-2)12-15-25(20)36-26/h5-18H,3-4H2,1-2H3,(H,29,30,32). The lowest BCUT2D eigenvalue weighted by molar-refractivity contribution is 0.102. The fourth-order valence-corrected chi connectivity index (χ4v) is 6.18. The number of carbonyl (C=O) groups excluding carboxylic acids is 1. The largest absolute Gasteiger partial charge is 0.494 e. The van der Waals surface area contributed by atoms with Gasteiger partial charge in [0, 0.05) is 22.9 Å². The van der Waals surface area contributed by atoms with Gasteiger partial charge in [-0.3, -0.25) is 14.4 Å². The van der Waals surface area contributed by atoms with E-state index in [0.29, 0.717) is 40.0 Å². The number of nitrogens with zero attached hydrogens (tertiary/aromatic N) is 2. The number of anilines is 2. The summed E-state index contributed by atoms with van der Waals surface area (Å²) >= 11 is 1.27. The third-order valence-electron chi connectivity index (χ3n) is 5.81. The van der Waals surface area contributed by atoms with Gasteiger partial charge in [-0.05, 0) is 74.5 Å². The number of sulfonamides is 1. The Balaban J connectivity index is 1.30. The van der Waals surface area contributed by atoms with Gasteiger partial charge in [0.25, 0.3) is 15.9 Å². The molecule has 194 valence electrons. The van der Waals surface area contributed by atoms with Crippen molar-refractivity contribution in [2.45, 2.75) is 18.7 Å². The molecule has 0 aliphatic carbocycles. The number of rotatable bonds is 9. The van der Waals surface area contributed by atoms with Gasteiger partial charge in [0.1, 0.15) is 17.0 Å². The van der Waals surface area contributed by atoms with Crippen LogP contribution in [0, 0.1) is 0 Å². The summed E-state index contributed by atoms with van der Waals surface area (Å²) < 4.78 is 39.2. The quantitative estimate of drug-likeness (QED) is 0.228. The van der Waals surface area contributed by atoms with Gasteiger partial charge in [-0.15, -0.1) is 11.3 Å². The fraction of sp³-hybridized carbons (Fsp3) is 0.143. The predicted octanol–water partition coefficient (Wildman–Crippen LogP) is 6.42. The minimum absolute atomic E-state index is 0.105. The molecule has 0 unspecified atom stereocenters. The smallest absolute Gasteiger partial charge is 0.264 e. The Hall–Kier alpha value is -4.15. The molecule has 5 rings (SSSR count). The van der Waals surface area contributed by atoms with Gasteiger partial charge in [-0.2, -0.15) is 0 Å². The molecule has 0 atom stereocenters. The van der Waals surface area contributed by atoms with Crippen molar-refractivity contribution in [3.8, 4) is 17.2 Å². The predicted molar refractivity (Wildman–Crippen MR) is 150 cm³/mol. The molecule has 38 heavy (non-hydrogen) atoms. The van der Waals surface area contributed by atoms with Crippen molar-refractivity contribution in [2.75, 3.05) is 22.8 Å². The highest BCUT2D eigenvalue weighted by atomic mass is 32.2. The van der Waals surface area contributed by atoms with Crippen molar-refractivity contribution < 1.29 is 22.4 Å². The SMILES string of the molecule is CCOc1ccc2oc(-c3csc(NC(=O)c4ccc(S(=O)(=O)N(CC)c5ccccc5)cc4)n3)cc2c1. The minimum Gasteiger partial charge on any atom is -0.494 e. The summed E-state index contributed by atoms with van der Waals surface area (Å²) in [6, 6.07) is 22.2. The highest BCUT2D eigenvalue weighted by molar-refractivity contribution is 7.92. The zero-order valence-corrected chi connectivity index (χ0v) is 22.4. The molecule has 5 aromatic rings. The van der Waals surface area contributed by atoms with Crippen molar-refractivity contribution >= 4 is 49.1 Å². The lowest BCUT2D eigenvalue weighted by Crippen LogP contribution is -2.30. The highest BCUT2D eigenvalue weighted by Crippen LogP contribution is 2.32. The lowest BCUT2D eigenvalue weighted by Gasteiger charge is -2.22. The molecule has 2 aromatic heterocycles. The molecular weight excluding hydrogens is 522 g/mol. The maximum Gasteiger partial charge on any atom is 0.264 e. The highest BCUT2D eigenvalue weighted by Gasteiger charge is 2.24. The fourth-order valence-electron chi connectivity index (χ4n) is 4.01. The van der Waals surface area contributed by atoms with Gasteiger partial charge < -0.3 is 9.15 Å². The second-order valence-corrected chi connectivity index (χ2v) is 11.0. The molecule has 3 aromatic carbocycles. The summed E-state index contributed by atoms with van der Waals surface area (Å²) in [5.41, 5.74) is 2.21. The van der Waals surface area contributed by atoms with E-state index in [1.807, 2.05) is 37.3 Å². The Morgan fingerprint density at radius 3 is 2.50 bits per heavy atom. The molecule has 1 amide bonds. The molecule has 10 heteroatoms. The van der Waals surface area contributed by atoms with Crippen LogP contribution in [0.25, 0.3) is 22.4 Å². The number of benzene rings is 3. The molecule has 0 fully saturated rings. The number of aromatic nitrogens is 1. The number of hydrogen-bond donors (Lipinski definition) is 1. The van der Waals surface area contributed by atoms with Crippen LogP contribution in [-0.4, -0.2) is 32.5 Å². The molecule has 0 spiro atoms. The summed E-state index contributed by atoms with van der Waals surface area (Å²) in [6.07, 6.45) is 0. The summed E-state index contributed by atoms with van der Waals surface area (Å²) in [6.45, 7) is 4.56. The van der Waals surface area contributed by atoms with Crippen LogP contribution in [0.2, 0.25) is 0 Å². The number of thiazole rings is 1. The maximum absolute atomic E-state index is 13.2. The number of nitrogens with one attached hydrogen (secondary N) is 1. The minimum atomic E-state index is -3.78.